The van der Waals surface area contributed by atoms with Gasteiger partial charge in [-0.05, 0) is 94.3 Å². The molecule has 0 aromatic carbocycles. The highest BCUT2D eigenvalue weighted by Crippen LogP contribution is 1.98. The lowest BCUT2D eigenvalue weighted by atomic mass is 10.2. The van der Waals surface area contributed by atoms with Gasteiger partial charge in [-0.1, -0.05) is 110 Å². The summed E-state index contributed by atoms with van der Waals surface area (Å²) in [5.41, 5.74) is 0. The van der Waals surface area contributed by atoms with Gasteiger partial charge in [0, 0.05) is 52.5 Å². The van der Waals surface area contributed by atoms with Crippen molar-refractivity contribution in [3.63, 3.8) is 0 Å². The number of nitrogens with one attached hydrogen (secondary N) is 5. The lowest BCUT2D eigenvalue weighted by Crippen LogP contribution is -2.39. The maximum atomic E-state index is 5.01. The fraction of sp³-hybridized carbons (Fsp3) is 1.00. The molecule has 5 saturated heterocycles. The molecule has 7 nitrogen and oxygen atoms in total. The highest BCUT2D eigenvalue weighted by molar-refractivity contribution is 4.59. The second kappa shape index (κ2) is 53.5. The van der Waals surface area contributed by atoms with Crippen LogP contribution in [0.1, 0.15) is 149 Å². The molecule has 5 aliphatic heterocycles. The first kappa shape index (κ1) is 57.1. The van der Waals surface area contributed by atoms with Crippen LogP contribution >= 0.6 is 0 Å². The van der Waals surface area contributed by atoms with Gasteiger partial charge < -0.3 is 36.1 Å². The molecule has 48 heavy (non-hydrogen) atoms. The minimum absolute atomic E-state index is 0.833. The Morgan fingerprint density at radius 2 is 0.458 bits per heavy atom. The second-order valence-electron chi connectivity index (χ2n) is 16.1. The van der Waals surface area contributed by atoms with E-state index in [1.807, 2.05) is 0 Å². The van der Waals surface area contributed by atoms with Crippen molar-refractivity contribution >= 4 is 0 Å². The van der Waals surface area contributed by atoms with Crippen molar-refractivity contribution < 1.29 is 9.47 Å². The van der Waals surface area contributed by atoms with E-state index >= 15 is 0 Å². The number of hydrogen-bond donors (Lipinski definition) is 5. The number of piperazine rings is 1. The third-order valence-electron chi connectivity index (χ3n) is 4.80. The molecule has 0 radical (unpaired) electrons. The summed E-state index contributed by atoms with van der Waals surface area (Å²) in [5.74, 6) is 4.17. The Morgan fingerprint density at radius 3 is 0.562 bits per heavy atom. The molecule has 5 N–H and O–H groups in total. The van der Waals surface area contributed by atoms with E-state index in [0.29, 0.717) is 0 Å². The van der Waals surface area contributed by atoms with E-state index in [2.05, 4.69) is 130 Å². The summed E-state index contributed by atoms with van der Waals surface area (Å²) >= 11 is 0. The van der Waals surface area contributed by atoms with Crippen LogP contribution in [0.2, 0.25) is 0 Å². The Kier molecular flexibility index (Phi) is 63.6. The van der Waals surface area contributed by atoms with Crippen molar-refractivity contribution in [1.29, 1.82) is 0 Å². The summed E-state index contributed by atoms with van der Waals surface area (Å²) in [6.45, 7) is 47.9. The normalized spacial score (nSPS) is 17.8. The van der Waals surface area contributed by atoms with Crippen LogP contribution in [0.5, 0.6) is 0 Å². The molecular weight excluding hydrogens is 594 g/mol. The third-order valence-corrected chi connectivity index (χ3v) is 4.80. The van der Waals surface area contributed by atoms with Crippen molar-refractivity contribution in [3.05, 3.63) is 0 Å². The topological polar surface area (TPSA) is 78.6 Å². The minimum atomic E-state index is 0.833. The van der Waals surface area contributed by atoms with E-state index in [1.54, 1.807) is 0 Å². The van der Waals surface area contributed by atoms with Gasteiger partial charge in [0.15, 0.2) is 0 Å². The van der Waals surface area contributed by atoms with E-state index in [1.165, 1.54) is 71.1 Å². The quantitative estimate of drug-likeness (QED) is 0.174. The van der Waals surface area contributed by atoms with Gasteiger partial charge in [0.25, 0.3) is 0 Å². The molecule has 0 aromatic heterocycles. The molecule has 0 amide bonds. The van der Waals surface area contributed by atoms with Crippen LogP contribution in [-0.4, -0.2) is 91.9 Å². The Balaban J connectivity index is -0.000000144. The number of hydrogen-bond acceptors (Lipinski definition) is 7. The van der Waals surface area contributed by atoms with E-state index in [0.717, 1.165) is 95.3 Å². The first-order chi connectivity index (χ1) is 22.7. The van der Waals surface area contributed by atoms with Crippen molar-refractivity contribution in [1.82, 2.24) is 26.6 Å². The van der Waals surface area contributed by atoms with Gasteiger partial charge in [0.05, 0.1) is 13.2 Å². The van der Waals surface area contributed by atoms with Crippen LogP contribution < -0.4 is 26.6 Å². The van der Waals surface area contributed by atoms with E-state index in [-0.39, 0.29) is 0 Å². The van der Waals surface area contributed by atoms with Gasteiger partial charge >= 0.3 is 0 Å². The molecule has 0 unspecified atom stereocenters. The molecule has 5 fully saturated rings. The molecule has 0 aliphatic carbocycles. The van der Waals surface area contributed by atoms with Crippen molar-refractivity contribution in [2.75, 3.05) is 91.9 Å². The van der Waals surface area contributed by atoms with Crippen LogP contribution in [0.25, 0.3) is 0 Å². The average molecular weight is 692 g/mol. The molecule has 0 bridgehead atoms. The van der Waals surface area contributed by atoms with Crippen LogP contribution in [0.15, 0.2) is 0 Å². The molecule has 0 aromatic rings. The third kappa shape index (κ3) is 119. The summed E-state index contributed by atoms with van der Waals surface area (Å²) in [5, 5.41) is 16.1. The molecule has 0 saturated carbocycles. The predicted molar refractivity (Wildman–Crippen MR) is 221 cm³/mol. The van der Waals surface area contributed by atoms with Gasteiger partial charge in [-0.25, -0.2) is 0 Å². The minimum Gasteiger partial charge on any atom is -0.381 e. The zero-order valence-corrected chi connectivity index (χ0v) is 36.1. The van der Waals surface area contributed by atoms with Crippen molar-refractivity contribution in [2.45, 2.75) is 149 Å². The second-order valence-corrected chi connectivity index (χ2v) is 16.1. The standard InChI is InChI=1S/C5H11N.C4H10N2.C4H9NO.C4H9N.C4H8O.5C4H10/c1-2-4-6-5-3-1;1-2-6-4-3-5-1;1-3-6-4-2-5-1;2*1-2-4-5-3-1;5*1-4(2)3/h6H,1-5H2;5-6H,1-4H2;5H,1-4H2;5H,1-4H2;1-4H2;5*4H,1-3H3. The fourth-order valence-electron chi connectivity index (χ4n) is 3.06. The largest absolute Gasteiger partial charge is 0.381 e. The van der Waals surface area contributed by atoms with Crippen molar-refractivity contribution in [2.24, 2.45) is 29.6 Å². The Morgan fingerprint density at radius 1 is 0.250 bits per heavy atom. The number of rotatable bonds is 0. The molecule has 0 atom stereocenters. The number of ether oxygens (including phenoxy) is 2. The lowest BCUT2D eigenvalue weighted by molar-refractivity contribution is 0.109. The SMILES string of the molecule is C1CCNC1.C1CCNCC1.C1CCOC1.C1CNCCN1.C1COCCN1.CC(C)C.CC(C)C.CC(C)C.CC(C)C.CC(C)C. The van der Waals surface area contributed by atoms with Crippen LogP contribution in [-0.2, 0) is 9.47 Å². The molecule has 5 rings (SSSR count). The van der Waals surface area contributed by atoms with Crippen LogP contribution in [0.4, 0.5) is 0 Å². The first-order valence-corrected chi connectivity index (χ1v) is 20.4. The molecule has 5 heterocycles. The van der Waals surface area contributed by atoms with Gasteiger partial charge in [0.2, 0.25) is 0 Å². The predicted octanol–water partition coefficient (Wildman–Crippen LogP) is 9.02. The average Bonchev–Trinajstić information content (AvgIpc) is 3.80. The van der Waals surface area contributed by atoms with E-state index in [4.69, 9.17) is 9.47 Å². The molecular formula is C41H97N5O2. The highest BCUT2D eigenvalue weighted by Gasteiger charge is 1.95. The summed E-state index contributed by atoms with van der Waals surface area (Å²) in [4.78, 5) is 0. The molecule has 298 valence electrons. The number of piperidine rings is 1. The molecule has 5 aliphatic rings. The fourth-order valence-corrected chi connectivity index (χ4v) is 3.06. The smallest absolute Gasteiger partial charge is 0.0591 e. The first-order valence-electron chi connectivity index (χ1n) is 20.4. The van der Waals surface area contributed by atoms with Gasteiger partial charge in [-0.2, -0.15) is 0 Å². The van der Waals surface area contributed by atoms with Gasteiger partial charge in [-0.15, -0.1) is 0 Å². The van der Waals surface area contributed by atoms with Gasteiger partial charge in [-0.3, -0.25) is 0 Å². The maximum absolute atomic E-state index is 5.01. The Bertz CT molecular complexity index is 335. The lowest BCUT2D eigenvalue weighted by Gasteiger charge is -2.11. The Labute approximate surface area is 305 Å². The highest BCUT2D eigenvalue weighted by atomic mass is 16.5. The van der Waals surface area contributed by atoms with E-state index < -0.39 is 0 Å². The number of morpholine rings is 1. The zero-order chi connectivity index (χ0) is 37.7. The molecule has 7 heteroatoms. The van der Waals surface area contributed by atoms with Gasteiger partial charge in [0.1, 0.15) is 0 Å². The monoisotopic (exact) mass is 692 g/mol. The van der Waals surface area contributed by atoms with Crippen LogP contribution in [0, 0.1) is 29.6 Å². The zero-order valence-electron chi connectivity index (χ0n) is 36.1. The van der Waals surface area contributed by atoms with Crippen molar-refractivity contribution in [3.8, 4) is 0 Å². The Hall–Kier alpha value is -0.280. The summed E-state index contributed by atoms with van der Waals surface area (Å²) in [6, 6.07) is 0. The maximum Gasteiger partial charge on any atom is 0.0591 e. The summed E-state index contributed by atoms with van der Waals surface area (Å²) < 4.78 is 9.95. The molecule has 0 spiro atoms. The van der Waals surface area contributed by atoms with E-state index in [9.17, 15) is 0 Å². The summed E-state index contributed by atoms with van der Waals surface area (Å²) in [6.07, 6.45) is 9.55. The summed E-state index contributed by atoms with van der Waals surface area (Å²) in [7, 11) is 0. The van der Waals surface area contributed by atoms with Crippen LogP contribution in [0.3, 0.4) is 0 Å².